The van der Waals surface area contributed by atoms with Crippen LogP contribution in [0, 0.1) is 5.92 Å². The number of rotatable bonds is 5. The molecule has 0 bridgehead atoms. The van der Waals surface area contributed by atoms with Crippen LogP contribution in [-0.2, 0) is 11.2 Å². The van der Waals surface area contributed by atoms with Crippen LogP contribution in [0.15, 0.2) is 16.7 Å². The van der Waals surface area contributed by atoms with E-state index in [1.54, 1.807) is 18.0 Å². The topological polar surface area (TPSA) is 70.8 Å². The maximum atomic E-state index is 12.3. The molecule has 0 spiro atoms. The van der Waals surface area contributed by atoms with Crippen molar-refractivity contribution in [3.05, 3.63) is 23.7 Å². The van der Waals surface area contributed by atoms with Crippen molar-refractivity contribution in [1.29, 1.82) is 0 Å². The normalized spacial score (nSPS) is 15.6. The number of amides is 1. The number of aliphatic carboxylic acids is 1. The summed E-state index contributed by atoms with van der Waals surface area (Å²) in [5, 5.41) is 8.78. The van der Waals surface area contributed by atoms with Crippen LogP contribution in [0.25, 0.3) is 0 Å². The number of hydrogen-bond acceptors (Lipinski definition) is 3. The van der Waals surface area contributed by atoms with Crippen LogP contribution in [-0.4, -0.2) is 35.5 Å². The van der Waals surface area contributed by atoms with E-state index in [0.29, 0.717) is 11.5 Å². The van der Waals surface area contributed by atoms with Gasteiger partial charge in [-0.15, -0.1) is 0 Å². The fourth-order valence-electron chi connectivity index (χ4n) is 2.67. The van der Waals surface area contributed by atoms with E-state index in [-0.39, 0.29) is 18.1 Å². The predicted octanol–water partition coefficient (Wildman–Crippen LogP) is 2.17. The molecule has 1 aliphatic carbocycles. The summed E-state index contributed by atoms with van der Waals surface area (Å²) >= 11 is 0. The fourth-order valence-corrected chi connectivity index (χ4v) is 2.67. The van der Waals surface area contributed by atoms with E-state index in [0.717, 1.165) is 6.54 Å². The van der Waals surface area contributed by atoms with Gasteiger partial charge in [-0.05, 0) is 24.8 Å². The Kier molecular flexibility index (Phi) is 4.24. The molecular formula is C14H19NO4. The number of carbonyl (C=O) groups excluding carboxylic acids is 1. The zero-order chi connectivity index (χ0) is 13.8. The Balaban J connectivity index is 2.01. The standard InChI is InChI=1S/C14H19NO4/c1-15(9-10-4-2-3-5-10)14(18)11-6-7-19-12(11)8-13(16)17/h6-7,10H,2-5,8-9H2,1H3,(H,16,17). The van der Waals surface area contributed by atoms with Crippen LogP contribution >= 0.6 is 0 Å². The van der Waals surface area contributed by atoms with E-state index in [1.165, 1.54) is 31.9 Å². The Morgan fingerprint density at radius 2 is 2.11 bits per heavy atom. The van der Waals surface area contributed by atoms with Crippen molar-refractivity contribution in [1.82, 2.24) is 4.90 Å². The molecule has 104 valence electrons. The number of hydrogen-bond donors (Lipinski definition) is 1. The molecule has 1 aromatic rings. The molecule has 0 aromatic carbocycles. The molecule has 2 rings (SSSR count). The first kappa shape index (κ1) is 13.6. The molecule has 1 aromatic heterocycles. The third-order valence-electron chi connectivity index (χ3n) is 3.64. The summed E-state index contributed by atoms with van der Waals surface area (Å²) in [6, 6.07) is 1.55. The molecule has 5 heteroatoms. The van der Waals surface area contributed by atoms with E-state index in [9.17, 15) is 9.59 Å². The minimum absolute atomic E-state index is 0.156. The maximum absolute atomic E-state index is 12.3. The predicted molar refractivity (Wildman–Crippen MR) is 69.0 cm³/mol. The van der Waals surface area contributed by atoms with Gasteiger partial charge in [0.25, 0.3) is 5.91 Å². The van der Waals surface area contributed by atoms with E-state index in [4.69, 9.17) is 9.52 Å². The number of carboxylic acid groups (broad SMARTS) is 1. The summed E-state index contributed by atoms with van der Waals surface area (Å²) < 4.78 is 5.09. The second kappa shape index (κ2) is 5.91. The minimum atomic E-state index is -0.998. The molecule has 1 heterocycles. The molecule has 1 N–H and O–H groups in total. The number of furan rings is 1. The first-order chi connectivity index (χ1) is 9.08. The van der Waals surface area contributed by atoms with E-state index in [2.05, 4.69) is 0 Å². The highest BCUT2D eigenvalue weighted by molar-refractivity contribution is 5.95. The maximum Gasteiger partial charge on any atom is 0.311 e. The van der Waals surface area contributed by atoms with Crippen molar-refractivity contribution in [3.63, 3.8) is 0 Å². The summed E-state index contributed by atoms with van der Waals surface area (Å²) in [6.45, 7) is 0.733. The zero-order valence-electron chi connectivity index (χ0n) is 11.1. The number of nitrogens with zero attached hydrogens (tertiary/aromatic N) is 1. The zero-order valence-corrected chi connectivity index (χ0v) is 11.1. The number of carbonyl (C=O) groups is 2. The second-order valence-corrected chi connectivity index (χ2v) is 5.16. The Morgan fingerprint density at radius 3 is 2.74 bits per heavy atom. The SMILES string of the molecule is CN(CC1CCCC1)C(=O)c1ccoc1CC(=O)O. The quantitative estimate of drug-likeness (QED) is 0.885. The van der Waals surface area contributed by atoms with Crippen molar-refractivity contribution >= 4 is 11.9 Å². The molecule has 1 fully saturated rings. The molecular weight excluding hydrogens is 246 g/mol. The third-order valence-corrected chi connectivity index (χ3v) is 3.64. The summed E-state index contributed by atoms with van der Waals surface area (Å²) in [5.74, 6) is -0.348. The van der Waals surface area contributed by atoms with E-state index >= 15 is 0 Å². The highest BCUT2D eigenvalue weighted by Gasteiger charge is 2.23. The summed E-state index contributed by atoms with van der Waals surface area (Å²) in [7, 11) is 1.76. The Morgan fingerprint density at radius 1 is 1.42 bits per heavy atom. The number of carboxylic acids is 1. The van der Waals surface area contributed by atoms with Gasteiger partial charge in [-0.3, -0.25) is 9.59 Å². The van der Waals surface area contributed by atoms with Gasteiger partial charge in [-0.2, -0.15) is 0 Å². The highest BCUT2D eigenvalue weighted by atomic mass is 16.4. The minimum Gasteiger partial charge on any atom is -0.481 e. The van der Waals surface area contributed by atoms with Crippen molar-refractivity contribution in [2.45, 2.75) is 32.1 Å². The Bertz CT molecular complexity index is 460. The molecule has 0 aliphatic heterocycles. The molecule has 0 saturated heterocycles. The van der Waals surface area contributed by atoms with E-state index < -0.39 is 5.97 Å². The molecule has 0 unspecified atom stereocenters. The Hall–Kier alpha value is -1.78. The van der Waals surface area contributed by atoms with Gasteiger partial charge in [0.2, 0.25) is 0 Å². The van der Waals surface area contributed by atoms with Gasteiger partial charge in [-0.1, -0.05) is 12.8 Å². The summed E-state index contributed by atoms with van der Waals surface area (Å²) in [4.78, 5) is 24.6. The van der Waals surface area contributed by atoms with Gasteiger partial charge in [0.1, 0.15) is 12.2 Å². The second-order valence-electron chi connectivity index (χ2n) is 5.16. The van der Waals surface area contributed by atoms with Crippen molar-refractivity contribution < 1.29 is 19.1 Å². The Labute approximate surface area is 112 Å². The first-order valence-corrected chi connectivity index (χ1v) is 6.61. The lowest BCUT2D eigenvalue weighted by Crippen LogP contribution is -2.31. The monoisotopic (exact) mass is 265 g/mol. The van der Waals surface area contributed by atoms with Crippen molar-refractivity contribution in [2.75, 3.05) is 13.6 Å². The molecule has 19 heavy (non-hydrogen) atoms. The molecule has 0 radical (unpaired) electrons. The molecule has 1 aliphatic rings. The van der Waals surface area contributed by atoms with Gasteiger partial charge in [-0.25, -0.2) is 0 Å². The largest absolute Gasteiger partial charge is 0.481 e. The van der Waals surface area contributed by atoms with Crippen molar-refractivity contribution in [3.8, 4) is 0 Å². The summed E-state index contributed by atoms with van der Waals surface area (Å²) in [5.41, 5.74) is 0.364. The lowest BCUT2D eigenvalue weighted by Gasteiger charge is -2.20. The molecule has 1 saturated carbocycles. The van der Waals surface area contributed by atoms with Gasteiger partial charge >= 0.3 is 5.97 Å². The van der Waals surface area contributed by atoms with Crippen LogP contribution in [0.3, 0.4) is 0 Å². The molecule has 5 nitrogen and oxygen atoms in total. The van der Waals surface area contributed by atoms with Gasteiger partial charge in [0.15, 0.2) is 0 Å². The van der Waals surface area contributed by atoms with E-state index in [1.807, 2.05) is 0 Å². The van der Waals surface area contributed by atoms with Gasteiger partial charge in [0, 0.05) is 13.6 Å². The molecule has 1 amide bonds. The van der Waals surface area contributed by atoms with Crippen LogP contribution in [0.2, 0.25) is 0 Å². The van der Waals surface area contributed by atoms with Crippen LogP contribution in [0.4, 0.5) is 0 Å². The third kappa shape index (κ3) is 3.36. The van der Waals surface area contributed by atoms with Gasteiger partial charge < -0.3 is 14.4 Å². The van der Waals surface area contributed by atoms with Crippen LogP contribution in [0.5, 0.6) is 0 Å². The fraction of sp³-hybridized carbons (Fsp3) is 0.571. The average molecular weight is 265 g/mol. The van der Waals surface area contributed by atoms with Crippen molar-refractivity contribution in [2.24, 2.45) is 5.92 Å². The molecule has 0 atom stereocenters. The van der Waals surface area contributed by atoms with Crippen LogP contribution in [0.1, 0.15) is 41.8 Å². The van der Waals surface area contributed by atoms with Crippen LogP contribution < -0.4 is 0 Å². The average Bonchev–Trinajstić information content (AvgIpc) is 2.98. The van der Waals surface area contributed by atoms with Gasteiger partial charge in [0.05, 0.1) is 11.8 Å². The summed E-state index contributed by atoms with van der Waals surface area (Å²) in [6.07, 6.45) is 5.93. The highest BCUT2D eigenvalue weighted by Crippen LogP contribution is 2.25. The lowest BCUT2D eigenvalue weighted by molar-refractivity contribution is -0.136. The lowest BCUT2D eigenvalue weighted by atomic mass is 10.1. The smallest absolute Gasteiger partial charge is 0.311 e. The first-order valence-electron chi connectivity index (χ1n) is 6.61.